The molecule has 35 heavy (non-hydrogen) atoms. The zero-order chi connectivity index (χ0) is 24.8. The van der Waals surface area contributed by atoms with Gasteiger partial charge in [0, 0.05) is 18.0 Å². The van der Waals surface area contributed by atoms with Crippen LogP contribution in [0, 0.1) is 17.6 Å². The highest BCUT2D eigenvalue weighted by atomic mass is 19.1. The van der Waals surface area contributed by atoms with E-state index in [0.717, 1.165) is 0 Å². The lowest BCUT2D eigenvalue weighted by atomic mass is 9.94. The number of likely N-dealkylation sites (tertiary alicyclic amines) is 1. The predicted molar refractivity (Wildman–Crippen MR) is 126 cm³/mol. The second kappa shape index (κ2) is 11.2. The molecule has 1 saturated heterocycles. The molecule has 1 fully saturated rings. The maximum atomic E-state index is 14.0. The first-order chi connectivity index (χ1) is 17.0. The first-order valence-corrected chi connectivity index (χ1v) is 11.5. The maximum absolute atomic E-state index is 14.0. The highest BCUT2D eigenvalue weighted by molar-refractivity contribution is 5.79. The lowest BCUT2D eigenvalue weighted by Gasteiger charge is -2.32. The topological polar surface area (TPSA) is 76.6 Å². The van der Waals surface area contributed by atoms with Crippen LogP contribution in [-0.4, -0.2) is 48.1 Å². The van der Waals surface area contributed by atoms with Crippen molar-refractivity contribution in [3.05, 3.63) is 83.2 Å². The van der Waals surface area contributed by atoms with Crippen LogP contribution in [0.4, 0.5) is 8.78 Å². The monoisotopic (exact) mass is 482 g/mol. The lowest BCUT2D eigenvalue weighted by Crippen LogP contribution is -2.42. The molecule has 0 radical (unpaired) electrons. The Labute approximate surface area is 203 Å². The molecule has 1 aromatic heterocycles. The van der Waals surface area contributed by atoms with E-state index in [-0.39, 0.29) is 41.0 Å². The van der Waals surface area contributed by atoms with Crippen LogP contribution >= 0.6 is 0 Å². The molecular weight excluding hydrogens is 454 g/mol. The fraction of sp³-hybridized carbons (Fsp3) is 0.346. The van der Waals surface area contributed by atoms with E-state index in [0.29, 0.717) is 43.6 Å². The summed E-state index contributed by atoms with van der Waals surface area (Å²) in [7, 11) is 2.96. The number of ether oxygens (including phenoxy) is 2. The van der Waals surface area contributed by atoms with Crippen LogP contribution in [-0.2, 0) is 11.3 Å². The first kappa shape index (κ1) is 24.5. The molecule has 1 aliphatic heterocycles. The van der Waals surface area contributed by atoms with Crippen LogP contribution in [0.5, 0.6) is 11.8 Å². The Kier molecular flexibility index (Phi) is 7.87. The van der Waals surface area contributed by atoms with Crippen LogP contribution in [0.25, 0.3) is 0 Å². The molecule has 1 aliphatic rings. The third kappa shape index (κ3) is 6.10. The number of hydrogen-bond acceptors (Lipinski definition) is 6. The van der Waals surface area contributed by atoms with Gasteiger partial charge in [0.25, 0.3) is 0 Å². The Morgan fingerprint density at radius 3 is 2.26 bits per heavy atom. The number of benzene rings is 2. The summed E-state index contributed by atoms with van der Waals surface area (Å²) in [6.07, 6.45) is 1.28. The summed E-state index contributed by atoms with van der Waals surface area (Å²) < 4.78 is 38.1. The molecule has 1 unspecified atom stereocenters. The molecular formula is C26H28F2N4O3. The summed E-state index contributed by atoms with van der Waals surface area (Å²) in [6.45, 7) is 1.87. The van der Waals surface area contributed by atoms with E-state index in [9.17, 15) is 13.6 Å². The molecule has 0 spiro atoms. The zero-order valence-electron chi connectivity index (χ0n) is 19.7. The molecule has 0 bridgehead atoms. The normalized spacial score (nSPS) is 15.4. The van der Waals surface area contributed by atoms with Gasteiger partial charge in [-0.1, -0.05) is 30.3 Å². The number of halogens is 2. The number of rotatable bonds is 8. The van der Waals surface area contributed by atoms with Gasteiger partial charge < -0.3 is 14.8 Å². The van der Waals surface area contributed by atoms with Gasteiger partial charge >= 0.3 is 0 Å². The zero-order valence-corrected chi connectivity index (χ0v) is 19.7. The maximum Gasteiger partial charge on any atom is 0.224 e. The van der Waals surface area contributed by atoms with Gasteiger partial charge in [0.15, 0.2) is 5.82 Å². The molecule has 4 rings (SSSR count). The van der Waals surface area contributed by atoms with Gasteiger partial charge in [0.1, 0.15) is 17.7 Å². The van der Waals surface area contributed by atoms with Crippen molar-refractivity contribution in [3.8, 4) is 11.8 Å². The fourth-order valence-corrected chi connectivity index (χ4v) is 4.19. The minimum absolute atomic E-state index is 0.143. The van der Waals surface area contributed by atoms with Crippen LogP contribution in [0.2, 0.25) is 0 Å². The van der Waals surface area contributed by atoms with Gasteiger partial charge in [-0.05, 0) is 49.7 Å². The van der Waals surface area contributed by atoms with Gasteiger partial charge in [-0.25, -0.2) is 8.78 Å². The fourth-order valence-electron chi connectivity index (χ4n) is 4.19. The molecule has 9 heteroatoms. The van der Waals surface area contributed by atoms with Crippen LogP contribution in [0.3, 0.4) is 0 Å². The van der Waals surface area contributed by atoms with Crippen molar-refractivity contribution >= 4 is 5.91 Å². The highest BCUT2D eigenvalue weighted by Crippen LogP contribution is 2.27. The van der Waals surface area contributed by atoms with Gasteiger partial charge in [-0.3, -0.25) is 9.69 Å². The van der Waals surface area contributed by atoms with Crippen LogP contribution in [0.15, 0.2) is 54.6 Å². The standard InChI is InChI=1S/C26H28F2N4O3/c1-34-22-15-23(35-2)30-25(29-22)24(17-7-9-20(27)10-8-17)31-26(33)18-11-13-32(14-12-18)16-19-5-3-4-6-21(19)28/h3-10,15,18,24H,11-14,16H2,1-2H3,(H,31,33). The molecule has 1 amide bonds. The van der Waals surface area contributed by atoms with E-state index in [2.05, 4.69) is 20.2 Å². The molecule has 2 heterocycles. The van der Waals surface area contributed by atoms with E-state index < -0.39 is 6.04 Å². The predicted octanol–water partition coefficient (Wildman–Crippen LogP) is 3.89. The Morgan fingerprint density at radius 2 is 1.66 bits per heavy atom. The molecule has 1 atom stereocenters. The van der Waals surface area contributed by atoms with Crippen molar-refractivity contribution in [1.29, 1.82) is 0 Å². The minimum atomic E-state index is -0.719. The Morgan fingerprint density at radius 1 is 1.03 bits per heavy atom. The molecule has 0 aliphatic carbocycles. The summed E-state index contributed by atoms with van der Waals surface area (Å²) in [5, 5.41) is 3.04. The van der Waals surface area contributed by atoms with Gasteiger partial charge in [-0.15, -0.1) is 0 Å². The Balaban J connectivity index is 1.48. The van der Waals surface area contributed by atoms with Crippen LogP contribution in [0.1, 0.15) is 35.8 Å². The number of nitrogens with one attached hydrogen (secondary N) is 1. The van der Waals surface area contributed by atoms with Crippen molar-refractivity contribution in [2.24, 2.45) is 5.92 Å². The number of amides is 1. The number of hydrogen-bond donors (Lipinski definition) is 1. The molecule has 7 nitrogen and oxygen atoms in total. The first-order valence-electron chi connectivity index (χ1n) is 11.5. The molecule has 3 aromatic rings. The number of carbonyl (C=O) groups excluding carboxylic acids is 1. The third-order valence-electron chi connectivity index (χ3n) is 6.17. The number of methoxy groups -OCH3 is 2. The number of piperidine rings is 1. The molecule has 2 aromatic carbocycles. The number of nitrogens with zero attached hydrogens (tertiary/aromatic N) is 3. The SMILES string of the molecule is COc1cc(OC)nc(C(NC(=O)C2CCN(Cc3ccccc3F)CC2)c2ccc(F)cc2)n1. The van der Waals surface area contributed by atoms with Crippen molar-refractivity contribution in [2.45, 2.75) is 25.4 Å². The lowest BCUT2D eigenvalue weighted by molar-refractivity contribution is -0.127. The van der Waals surface area contributed by atoms with E-state index in [4.69, 9.17) is 9.47 Å². The average molecular weight is 483 g/mol. The molecule has 1 N–H and O–H groups in total. The van der Waals surface area contributed by atoms with Crippen molar-refractivity contribution in [2.75, 3.05) is 27.3 Å². The van der Waals surface area contributed by atoms with Crippen molar-refractivity contribution in [1.82, 2.24) is 20.2 Å². The van der Waals surface area contributed by atoms with E-state index in [1.807, 2.05) is 6.07 Å². The number of carbonyl (C=O) groups is 1. The highest BCUT2D eigenvalue weighted by Gasteiger charge is 2.29. The van der Waals surface area contributed by atoms with Gasteiger partial charge in [0.2, 0.25) is 17.7 Å². The smallest absolute Gasteiger partial charge is 0.224 e. The Hall–Kier alpha value is -3.59. The average Bonchev–Trinajstić information content (AvgIpc) is 2.89. The minimum Gasteiger partial charge on any atom is -0.481 e. The second-order valence-electron chi connectivity index (χ2n) is 8.45. The van der Waals surface area contributed by atoms with Crippen molar-refractivity contribution in [3.63, 3.8) is 0 Å². The second-order valence-corrected chi connectivity index (χ2v) is 8.45. The third-order valence-corrected chi connectivity index (χ3v) is 6.17. The summed E-state index contributed by atoms with van der Waals surface area (Å²) in [6, 6.07) is 13.4. The molecule has 184 valence electrons. The van der Waals surface area contributed by atoms with Gasteiger partial charge in [0.05, 0.1) is 20.3 Å². The summed E-state index contributed by atoms with van der Waals surface area (Å²) in [4.78, 5) is 24.2. The molecule has 0 saturated carbocycles. The van der Waals surface area contributed by atoms with E-state index >= 15 is 0 Å². The summed E-state index contributed by atoms with van der Waals surface area (Å²) in [5.74, 6) is -0.117. The summed E-state index contributed by atoms with van der Waals surface area (Å²) in [5.41, 5.74) is 1.28. The van der Waals surface area contributed by atoms with Gasteiger partial charge in [-0.2, -0.15) is 9.97 Å². The quantitative estimate of drug-likeness (QED) is 0.525. The summed E-state index contributed by atoms with van der Waals surface area (Å²) >= 11 is 0. The number of aromatic nitrogens is 2. The van der Waals surface area contributed by atoms with E-state index in [1.165, 1.54) is 32.4 Å². The van der Waals surface area contributed by atoms with E-state index in [1.54, 1.807) is 30.3 Å². The largest absolute Gasteiger partial charge is 0.481 e. The van der Waals surface area contributed by atoms with Crippen LogP contribution < -0.4 is 14.8 Å². The Bertz CT molecular complexity index is 1130. The van der Waals surface area contributed by atoms with Crippen molar-refractivity contribution < 1.29 is 23.0 Å².